The number of nitrogens with zero attached hydrogens (tertiary/aromatic N) is 2. The monoisotopic (exact) mass is 212 g/mol. The predicted molar refractivity (Wildman–Crippen MR) is 58.4 cm³/mol. The number of dihydropyridines is 1. The van der Waals surface area contributed by atoms with Crippen molar-refractivity contribution in [3.05, 3.63) is 11.1 Å². The molecule has 0 radical (unpaired) electrons. The largest absolute Gasteiger partial charge is 0.387 e. The smallest absolute Gasteiger partial charge is 0.114 e. The molecule has 0 amide bonds. The molecule has 1 N–H and O–H groups in total. The van der Waals surface area contributed by atoms with E-state index in [1.807, 2.05) is 6.08 Å². The van der Waals surface area contributed by atoms with Crippen molar-refractivity contribution in [3.63, 3.8) is 0 Å². The fraction of sp³-hybridized carbons (Fsp3) is 0.600. The number of halogens is 1. The van der Waals surface area contributed by atoms with Gasteiger partial charge in [-0.3, -0.25) is 9.98 Å². The molecule has 2 unspecified atom stereocenters. The summed E-state index contributed by atoms with van der Waals surface area (Å²) in [5.41, 5.74) is -0.827. The van der Waals surface area contributed by atoms with Gasteiger partial charge in [-0.1, -0.05) is 17.7 Å². The van der Waals surface area contributed by atoms with Crippen LogP contribution in [-0.4, -0.2) is 35.7 Å². The lowest BCUT2D eigenvalue weighted by Gasteiger charge is -2.35. The lowest BCUT2D eigenvalue weighted by atomic mass is 9.85. The van der Waals surface area contributed by atoms with E-state index in [-0.39, 0.29) is 6.04 Å². The van der Waals surface area contributed by atoms with Gasteiger partial charge in [-0.25, -0.2) is 0 Å². The third-order valence-corrected chi connectivity index (χ3v) is 3.05. The van der Waals surface area contributed by atoms with Gasteiger partial charge in [0.1, 0.15) is 6.04 Å². The van der Waals surface area contributed by atoms with Gasteiger partial charge in [0.15, 0.2) is 0 Å². The summed E-state index contributed by atoms with van der Waals surface area (Å²) in [4.78, 5) is 8.36. The Morgan fingerprint density at radius 3 is 3.00 bits per heavy atom. The van der Waals surface area contributed by atoms with Gasteiger partial charge in [-0.05, 0) is 6.42 Å². The van der Waals surface area contributed by atoms with E-state index in [0.29, 0.717) is 24.4 Å². The minimum absolute atomic E-state index is 0.287. The second kappa shape index (κ2) is 3.83. The molecule has 0 saturated carbocycles. The number of hydrogen-bond acceptors (Lipinski definition) is 3. The molecule has 0 saturated heterocycles. The minimum Gasteiger partial charge on any atom is -0.387 e. The van der Waals surface area contributed by atoms with E-state index >= 15 is 0 Å². The lowest BCUT2D eigenvalue weighted by Crippen LogP contribution is -2.44. The molecule has 2 aliphatic rings. The second-order valence-corrected chi connectivity index (χ2v) is 4.14. The Kier molecular flexibility index (Phi) is 2.70. The van der Waals surface area contributed by atoms with E-state index in [0.717, 1.165) is 6.42 Å². The first-order valence-electron chi connectivity index (χ1n) is 4.80. The van der Waals surface area contributed by atoms with Crippen molar-refractivity contribution in [2.24, 2.45) is 9.98 Å². The molecule has 2 heterocycles. The van der Waals surface area contributed by atoms with Crippen LogP contribution in [0.2, 0.25) is 0 Å². The molecule has 0 aliphatic carbocycles. The van der Waals surface area contributed by atoms with Crippen LogP contribution in [0.25, 0.3) is 0 Å². The van der Waals surface area contributed by atoms with Gasteiger partial charge in [0.05, 0.1) is 5.60 Å². The van der Waals surface area contributed by atoms with Gasteiger partial charge in [0.25, 0.3) is 0 Å². The SMILES string of the molecule is OC1(C2N=CCC=C2Cl)CC=NCC1. The van der Waals surface area contributed by atoms with Crippen LogP contribution in [0, 0.1) is 0 Å². The highest BCUT2D eigenvalue weighted by atomic mass is 35.5. The Labute approximate surface area is 88.2 Å². The fourth-order valence-electron chi connectivity index (χ4n) is 1.83. The van der Waals surface area contributed by atoms with E-state index in [2.05, 4.69) is 9.98 Å². The topological polar surface area (TPSA) is 45.0 Å². The Morgan fingerprint density at radius 2 is 2.36 bits per heavy atom. The van der Waals surface area contributed by atoms with E-state index in [1.54, 1.807) is 12.4 Å². The Bertz CT molecular complexity index is 311. The molecule has 0 aromatic rings. The molecular weight excluding hydrogens is 200 g/mol. The highest BCUT2D eigenvalue weighted by Gasteiger charge is 2.39. The zero-order chi connectivity index (χ0) is 10.0. The first-order valence-corrected chi connectivity index (χ1v) is 5.18. The van der Waals surface area contributed by atoms with Crippen molar-refractivity contribution in [3.8, 4) is 0 Å². The minimum atomic E-state index is -0.827. The number of allylic oxidation sites excluding steroid dienone is 1. The standard InChI is InChI=1S/C10H13ClN2O/c11-8-2-1-5-13-9(8)10(14)3-6-12-7-4-10/h2,5-6,9,14H,1,3-4,7H2. The summed E-state index contributed by atoms with van der Waals surface area (Å²) in [5, 5.41) is 11.0. The van der Waals surface area contributed by atoms with Crippen molar-refractivity contribution < 1.29 is 5.11 Å². The number of aliphatic hydroxyl groups is 1. The first kappa shape index (κ1) is 9.87. The maximum Gasteiger partial charge on any atom is 0.114 e. The van der Waals surface area contributed by atoms with Crippen LogP contribution in [-0.2, 0) is 0 Å². The lowest BCUT2D eigenvalue weighted by molar-refractivity contribution is 0.0257. The van der Waals surface area contributed by atoms with E-state index in [4.69, 9.17) is 11.6 Å². The molecule has 0 fully saturated rings. The molecule has 2 atom stereocenters. The third-order valence-electron chi connectivity index (χ3n) is 2.69. The molecule has 3 nitrogen and oxygen atoms in total. The number of rotatable bonds is 1. The molecule has 2 rings (SSSR count). The number of aliphatic imine (C=N–C) groups is 2. The molecule has 76 valence electrons. The highest BCUT2D eigenvalue weighted by Crippen LogP contribution is 2.32. The zero-order valence-electron chi connectivity index (χ0n) is 7.86. The number of hydrogen-bond donors (Lipinski definition) is 1. The molecule has 0 aromatic carbocycles. The van der Waals surface area contributed by atoms with Gasteiger partial charge >= 0.3 is 0 Å². The van der Waals surface area contributed by atoms with Gasteiger partial charge in [0, 0.05) is 36.8 Å². The molecular formula is C10H13ClN2O. The average molecular weight is 213 g/mol. The van der Waals surface area contributed by atoms with Crippen LogP contribution in [0.1, 0.15) is 19.3 Å². The maximum absolute atomic E-state index is 10.3. The van der Waals surface area contributed by atoms with E-state index in [1.165, 1.54) is 0 Å². The van der Waals surface area contributed by atoms with Gasteiger partial charge in [-0.2, -0.15) is 0 Å². The van der Waals surface area contributed by atoms with Crippen molar-refractivity contribution in [1.82, 2.24) is 0 Å². The van der Waals surface area contributed by atoms with E-state index < -0.39 is 5.60 Å². The predicted octanol–water partition coefficient (Wildman–Crippen LogP) is 1.55. The molecule has 4 heteroatoms. The summed E-state index contributed by atoms with van der Waals surface area (Å²) in [6.07, 6.45) is 7.41. The zero-order valence-corrected chi connectivity index (χ0v) is 8.61. The van der Waals surface area contributed by atoms with Crippen LogP contribution >= 0.6 is 11.6 Å². The summed E-state index contributed by atoms with van der Waals surface area (Å²) in [6.45, 7) is 0.659. The van der Waals surface area contributed by atoms with Gasteiger partial charge < -0.3 is 5.11 Å². The average Bonchev–Trinajstić information content (AvgIpc) is 2.19. The van der Waals surface area contributed by atoms with E-state index in [9.17, 15) is 5.11 Å². The molecule has 0 spiro atoms. The third kappa shape index (κ3) is 1.74. The van der Waals surface area contributed by atoms with Gasteiger partial charge in [-0.15, -0.1) is 0 Å². The highest BCUT2D eigenvalue weighted by molar-refractivity contribution is 6.30. The van der Waals surface area contributed by atoms with Crippen molar-refractivity contribution in [2.45, 2.75) is 30.9 Å². The Morgan fingerprint density at radius 1 is 1.50 bits per heavy atom. The molecule has 14 heavy (non-hydrogen) atoms. The summed E-state index contributed by atoms with van der Waals surface area (Å²) < 4.78 is 0. The molecule has 0 bridgehead atoms. The summed E-state index contributed by atoms with van der Waals surface area (Å²) in [5.74, 6) is 0. The molecule has 0 aromatic heterocycles. The summed E-state index contributed by atoms with van der Waals surface area (Å²) in [6, 6.07) is -0.287. The van der Waals surface area contributed by atoms with Gasteiger partial charge in [0.2, 0.25) is 0 Å². The van der Waals surface area contributed by atoms with Crippen molar-refractivity contribution in [2.75, 3.05) is 6.54 Å². The first-order chi connectivity index (χ1) is 6.72. The van der Waals surface area contributed by atoms with Crippen molar-refractivity contribution >= 4 is 24.0 Å². The van der Waals surface area contributed by atoms with Crippen LogP contribution in [0.3, 0.4) is 0 Å². The van der Waals surface area contributed by atoms with Crippen LogP contribution in [0.4, 0.5) is 0 Å². The fourth-order valence-corrected chi connectivity index (χ4v) is 2.18. The summed E-state index contributed by atoms with van der Waals surface area (Å²) >= 11 is 6.05. The second-order valence-electron chi connectivity index (χ2n) is 3.71. The quantitative estimate of drug-likeness (QED) is 0.704. The van der Waals surface area contributed by atoms with Crippen LogP contribution in [0.5, 0.6) is 0 Å². The normalized spacial score (nSPS) is 37.0. The summed E-state index contributed by atoms with van der Waals surface area (Å²) in [7, 11) is 0. The van der Waals surface area contributed by atoms with Crippen molar-refractivity contribution in [1.29, 1.82) is 0 Å². The van der Waals surface area contributed by atoms with Crippen LogP contribution in [0.15, 0.2) is 21.1 Å². The molecule has 2 aliphatic heterocycles. The Hall–Kier alpha value is -0.670. The maximum atomic E-state index is 10.3. The van der Waals surface area contributed by atoms with Crippen LogP contribution < -0.4 is 0 Å². The Balaban J connectivity index is 2.20.